The summed E-state index contributed by atoms with van der Waals surface area (Å²) in [5.41, 5.74) is 6.59. The quantitative estimate of drug-likeness (QED) is 0.806. The number of aliphatic hydroxyl groups excluding tert-OH is 1. The predicted octanol–water partition coefficient (Wildman–Crippen LogP) is 2.16. The number of aliphatic hydroxyl groups is 1. The number of carbonyl (C=O) groups excluding carboxylic acids is 1. The highest BCUT2D eigenvalue weighted by atomic mass is 35.5. The van der Waals surface area contributed by atoms with Crippen LogP contribution in [0.4, 0.5) is 5.69 Å². The van der Waals surface area contributed by atoms with Crippen molar-refractivity contribution in [2.75, 3.05) is 18.9 Å². The Hall–Kier alpha value is -1.26. The molecule has 0 spiro atoms. The van der Waals surface area contributed by atoms with E-state index in [9.17, 15) is 4.79 Å². The predicted molar refractivity (Wildman–Crippen MR) is 73.7 cm³/mol. The monoisotopic (exact) mass is 270 g/mol. The van der Waals surface area contributed by atoms with Crippen molar-refractivity contribution in [3.05, 3.63) is 28.8 Å². The molecule has 0 saturated heterocycles. The number of nitrogens with zero attached hydrogens (tertiary/aromatic N) is 1. The van der Waals surface area contributed by atoms with Crippen LogP contribution in [-0.4, -0.2) is 35.1 Å². The highest BCUT2D eigenvalue weighted by Gasteiger charge is 2.18. The number of rotatable bonds is 5. The van der Waals surface area contributed by atoms with Crippen LogP contribution >= 0.6 is 11.6 Å². The number of benzene rings is 1. The molecule has 1 aromatic carbocycles. The van der Waals surface area contributed by atoms with E-state index >= 15 is 0 Å². The van der Waals surface area contributed by atoms with Gasteiger partial charge < -0.3 is 15.7 Å². The number of halogens is 1. The van der Waals surface area contributed by atoms with Gasteiger partial charge >= 0.3 is 0 Å². The topological polar surface area (TPSA) is 66.6 Å². The van der Waals surface area contributed by atoms with E-state index in [4.69, 9.17) is 22.4 Å². The second-order valence-electron chi connectivity index (χ2n) is 4.41. The third kappa shape index (κ3) is 3.62. The Morgan fingerprint density at radius 2 is 2.17 bits per heavy atom. The summed E-state index contributed by atoms with van der Waals surface area (Å²) in [5, 5.41) is 9.24. The molecule has 0 atom stereocenters. The Balaban J connectivity index is 2.91. The van der Waals surface area contributed by atoms with Gasteiger partial charge in [-0.15, -0.1) is 0 Å². The molecular weight excluding hydrogens is 252 g/mol. The molecule has 0 aromatic heterocycles. The number of amides is 1. The first-order chi connectivity index (χ1) is 8.47. The molecule has 0 unspecified atom stereocenters. The molecule has 0 fully saturated rings. The molecule has 0 aliphatic carbocycles. The fourth-order valence-corrected chi connectivity index (χ4v) is 1.84. The van der Waals surface area contributed by atoms with Crippen molar-refractivity contribution in [2.45, 2.75) is 26.3 Å². The fraction of sp³-hybridized carbons (Fsp3) is 0.462. The average Bonchev–Trinajstić information content (AvgIpc) is 2.32. The van der Waals surface area contributed by atoms with Gasteiger partial charge in [-0.2, -0.15) is 0 Å². The molecule has 0 bridgehead atoms. The summed E-state index contributed by atoms with van der Waals surface area (Å²) in [6.45, 7) is 4.47. The second kappa shape index (κ2) is 6.61. The molecule has 0 aliphatic rings. The van der Waals surface area contributed by atoms with Crippen LogP contribution in [-0.2, 0) is 0 Å². The van der Waals surface area contributed by atoms with Gasteiger partial charge in [-0.1, -0.05) is 11.6 Å². The maximum absolute atomic E-state index is 12.3. The minimum Gasteiger partial charge on any atom is -0.398 e. The van der Waals surface area contributed by atoms with Crippen LogP contribution in [0.1, 0.15) is 30.6 Å². The molecule has 0 aliphatic heterocycles. The van der Waals surface area contributed by atoms with Crippen molar-refractivity contribution in [1.82, 2.24) is 4.90 Å². The van der Waals surface area contributed by atoms with Crippen molar-refractivity contribution in [3.63, 3.8) is 0 Å². The molecule has 0 heterocycles. The van der Waals surface area contributed by atoms with Gasteiger partial charge in [-0.05, 0) is 38.5 Å². The fourth-order valence-electron chi connectivity index (χ4n) is 1.66. The summed E-state index contributed by atoms with van der Waals surface area (Å²) < 4.78 is 0. The van der Waals surface area contributed by atoms with E-state index in [1.54, 1.807) is 23.1 Å². The number of hydrogen-bond donors (Lipinski definition) is 2. The summed E-state index contributed by atoms with van der Waals surface area (Å²) in [7, 11) is 0. The lowest BCUT2D eigenvalue weighted by Crippen LogP contribution is -2.38. The summed E-state index contributed by atoms with van der Waals surface area (Å²) >= 11 is 5.91. The van der Waals surface area contributed by atoms with E-state index in [0.717, 1.165) is 0 Å². The Morgan fingerprint density at radius 3 is 2.67 bits per heavy atom. The van der Waals surface area contributed by atoms with E-state index in [-0.39, 0.29) is 18.6 Å². The number of nitrogens with two attached hydrogens (primary N) is 1. The van der Waals surface area contributed by atoms with Crippen LogP contribution in [0.3, 0.4) is 0 Å². The summed E-state index contributed by atoms with van der Waals surface area (Å²) in [6, 6.07) is 4.94. The minimum atomic E-state index is -0.0969. The number of anilines is 1. The number of nitrogen functional groups attached to an aromatic ring is 1. The Bertz CT molecular complexity index is 421. The largest absolute Gasteiger partial charge is 0.398 e. The zero-order valence-corrected chi connectivity index (χ0v) is 11.4. The molecule has 3 N–H and O–H groups in total. The molecule has 1 amide bonds. The molecule has 1 aromatic rings. The average molecular weight is 271 g/mol. The first kappa shape index (κ1) is 14.8. The number of carbonyl (C=O) groups is 1. The second-order valence-corrected chi connectivity index (χ2v) is 4.81. The van der Waals surface area contributed by atoms with Crippen LogP contribution in [0.5, 0.6) is 0 Å². The Morgan fingerprint density at radius 1 is 1.50 bits per heavy atom. The maximum atomic E-state index is 12.3. The van der Waals surface area contributed by atoms with Crippen molar-refractivity contribution < 1.29 is 9.90 Å². The van der Waals surface area contributed by atoms with Gasteiger partial charge in [0.1, 0.15) is 0 Å². The zero-order chi connectivity index (χ0) is 13.7. The van der Waals surface area contributed by atoms with Gasteiger partial charge in [-0.25, -0.2) is 0 Å². The third-order valence-electron chi connectivity index (χ3n) is 2.69. The molecular formula is C13H19ClN2O2. The molecule has 1 rings (SSSR count). The van der Waals surface area contributed by atoms with Gasteiger partial charge in [-0.3, -0.25) is 4.79 Å². The van der Waals surface area contributed by atoms with Crippen LogP contribution in [0.15, 0.2) is 18.2 Å². The first-order valence-electron chi connectivity index (χ1n) is 5.94. The summed E-state index contributed by atoms with van der Waals surface area (Å²) in [6.07, 6.45) is 0.562. The molecule has 0 radical (unpaired) electrons. The van der Waals surface area contributed by atoms with Gasteiger partial charge in [0.25, 0.3) is 5.91 Å². The normalized spacial score (nSPS) is 10.7. The third-order valence-corrected chi connectivity index (χ3v) is 3.02. The first-order valence-corrected chi connectivity index (χ1v) is 6.32. The smallest absolute Gasteiger partial charge is 0.254 e. The van der Waals surface area contributed by atoms with Crippen LogP contribution in [0.25, 0.3) is 0 Å². The molecule has 100 valence electrons. The highest BCUT2D eigenvalue weighted by Crippen LogP contribution is 2.21. The van der Waals surface area contributed by atoms with E-state index < -0.39 is 0 Å². The molecule has 4 nitrogen and oxygen atoms in total. The van der Waals surface area contributed by atoms with E-state index in [1.807, 2.05) is 13.8 Å². The van der Waals surface area contributed by atoms with Gasteiger partial charge in [0, 0.05) is 24.8 Å². The lowest BCUT2D eigenvalue weighted by molar-refractivity contribution is 0.0693. The van der Waals surface area contributed by atoms with E-state index in [0.29, 0.717) is 29.2 Å². The highest BCUT2D eigenvalue weighted by molar-refractivity contribution is 6.33. The van der Waals surface area contributed by atoms with Crippen LogP contribution in [0, 0.1) is 0 Å². The molecule has 5 heteroatoms. The van der Waals surface area contributed by atoms with E-state index in [1.165, 1.54) is 0 Å². The van der Waals surface area contributed by atoms with Gasteiger partial charge in [0.05, 0.1) is 10.7 Å². The van der Waals surface area contributed by atoms with E-state index in [2.05, 4.69) is 0 Å². The molecule has 18 heavy (non-hydrogen) atoms. The Kier molecular flexibility index (Phi) is 5.44. The van der Waals surface area contributed by atoms with Gasteiger partial charge in [0.15, 0.2) is 0 Å². The van der Waals surface area contributed by atoms with Crippen LogP contribution < -0.4 is 5.73 Å². The van der Waals surface area contributed by atoms with Crippen molar-refractivity contribution >= 4 is 23.2 Å². The zero-order valence-electron chi connectivity index (χ0n) is 10.7. The SMILES string of the molecule is CC(C)N(CCCO)C(=O)c1ccc(N)c(Cl)c1. The number of hydrogen-bond acceptors (Lipinski definition) is 3. The standard InChI is InChI=1S/C13H19ClN2O2/c1-9(2)16(6-3-7-17)13(18)10-4-5-12(15)11(14)8-10/h4-5,8-9,17H,3,6-7,15H2,1-2H3. The lowest BCUT2D eigenvalue weighted by atomic mass is 10.1. The van der Waals surface area contributed by atoms with Crippen LogP contribution in [0.2, 0.25) is 5.02 Å². The lowest BCUT2D eigenvalue weighted by Gasteiger charge is -2.26. The summed E-state index contributed by atoms with van der Waals surface area (Å²) in [4.78, 5) is 14.0. The van der Waals surface area contributed by atoms with Crippen molar-refractivity contribution in [1.29, 1.82) is 0 Å². The molecule has 0 saturated carbocycles. The minimum absolute atomic E-state index is 0.0684. The van der Waals surface area contributed by atoms with Gasteiger partial charge in [0.2, 0.25) is 0 Å². The van der Waals surface area contributed by atoms with Crippen molar-refractivity contribution in [3.8, 4) is 0 Å². The Labute approximate surface area is 112 Å². The maximum Gasteiger partial charge on any atom is 0.254 e. The van der Waals surface area contributed by atoms with Crippen molar-refractivity contribution in [2.24, 2.45) is 0 Å². The summed E-state index contributed by atoms with van der Waals surface area (Å²) in [5.74, 6) is -0.0969.